The molecule has 0 saturated carbocycles. The fourth-order valence-corrected chi connectivity index (χ4v) is 3.20. The normalized spacial score (nSPS) is 11.4. The van der Waals surface area contributed by atoms with Crippen LogP contribution in [-0.4, -0.2) is 0 Å². The minimum absolute atomic E-state index is 0.183. The Bertz CT molecular complexity index is 967. The maximum atomic E-state index is 6.67. The quantitative estimate of drug-likeness (QED) is 0.265. The summed E-state index contributed by atoms with van der Waals surface area (Å²) in [5.41, 5.74) is 4.43. The lowest BCUT2D eigenvalue weighted by Crippen LogP contribution is -2.06. The van der Waals surface area contributed by atoms with Crippen molar-refractivity contribution in [3.05, 3.63) is 144 Å². The van der Waals surface area contributed by atoms with Crippen molar-refractivity contribution in [2.75, 3.05) is 0 Å². The second-order valence-corrected chi connectivity index (χ2v) is 6.60. The fourth-order valence-electron chi connectivity index (χ4n) is 3.20. The van der Waals surface area contributed by atoms with Crippen molar-refractivity contribution in [3.63, 3.8) is 0 Å². The van der Waals surface area contributed by atoms with Crippen LogP contribution in [0.3, 0.4) is 0 Å². The second kappa shape index (κ2) is 8.88. The van der Waals surface area contributed by atoms with Gasteiger partial charge in [0, 0.05) is 5.56 Å². The molecule has 0 spiro atoms. The molecule has 1 heteroatoms. The molecule has 0 amide bonds. The highest BCUT2D eigenvalue weighted by Crippen LogP contribution is 2.32. The van der Waals surface area contributed by atoms with Gasteiger partial charge in [0.15, 0.2) is 0 Å². The predicted octanol–water partition coefficient (Wildman–Crippen LogP) is 6.99. The van der Waals surface area contributed by atoms with E-state index >= 15 is 0 Å². The first kappa shape index (κ1) is 17.8. The summed E-state index contributed by atoms with van der Waals surface area (Å²) in [6.07, 6.45) is 1.92. The molecule has 0 radical (unpaired) electrons. The highest BCUT2D eigenvalue weighted by molar-refractivity contribution is 5.77. The Labute approximate surface area is 166 Å². The predicted molar refractivity (Wildman–Crippen MR) is 117 cm³/mol. The average Bonchev–Trinajstić information content (AvgIpc) is 2.79. The van der Waals surface area contributed by atoms with Gasteiger partial charge in [-0.25, -0.2) is 0 Å². The molecule has 0 aliphatic heterocycles. The molecule has 4 aromatic carbocycles. The van der Waals surface area contributed by atoms with Crippen LogP contribution in [0, 0.1) is 0 Å². The van der Waals surface area contributed by atoms with Crippen LogP contribution < -0.4 is 0 Å². The van der Waals surface area contributed by atoms with Crippen LogP contribution >= 0.6 is 0 Å². The molecular formula is C27H22O. The zero-order valence-corrected chi connectivity index (χ0v) is 15.6. The van der Waals surface area contributed by atoms with Crippen LogP contribution in [0.1, 0.15) is 28.4 Å². The molecule has 0 unspecified atom stereocenters. The number of benzene rings is 4. The maximum Gasteiger partial charge on any atom is 0.149 e. The first-order valence-corrected chi connectivity index (χ1v) is 9.49. The van der Waals surface area contributed by atoms with Crippen molar-refractivity contribution in [2.24, 2.45) is 0 Å². The molecule has 0 aromatic heterocycles. The van der Waals surface area contributed by atoms with Crippen LogP contribution in [0.4, 0.5) is 0 Å². The molecule has 0 aliphatic rings. The van der Waals surface area contributed by atoms with Gasteiger partial charge in [-0.05, 0) is 22.8 Å². The van der Waals surface area contributed by atoms with E-state index in [1.807, 2.05) is 48.5 Å². The van der Waals surface area contributed by atoms with Gasteiger partial charge in [-0.2, -0.15) is 0 Å². The Morgan fingerprint density at radius 1 is 0.536 bits per heavy atom. The summed E-state index contributed by atoms with van der Waals surface area (Å²) in [5, 5.41) is 0. The second-order valence-electron chi connectivity index (χ2n) is 6.60. The van der Waals surface area contributed by atoms with Gasteiger partial charge in [0.05, 0.1) is 0 Å². The summed E-state index contributed by atoms with van der Waals surface area (Å²) in [6.45, 7) is 0. The summed E-state index contributed by atoms with van der Waals surface area (Å²) in [6, 6.07) is 41.3. The monoisotopic (exact) mass is 362 g/mol. The van der Waals surface area contributed by atoms with E-state index < -0.39 is 0 Å². The molecule has 0 heterocycles. The molecule has 0 aliphatic carbocycles. The summed E-state index contributed by atoms with van der Waals surface area (Å²) < 4.78 is 6.67. The van der Waals surface area contributed by atoms with Gasteiger partial charge in [-0.3, -0.25) is 0 Å². The van der Waals surface area contributed by atoms with Crippen LogP contribution in [0.2, 0.25) is 0 Å². The van der Waals surface area contributed by atoms with Gasteiger partial charge in [-0.15, -0.1) is 0 Å². The molecule has 0 atom stereocenters. The maximum absolute atomic E-state index is 6.67. The zero-order chi connectivity index (χ0) is 19.0. The van der Waals surface area contributed by atoms with Crippen molar-refractivity contribution in [2.45, 2.75) is 6.10 Å². The Morgan fingerprint density at radius 3 is 1.46 bits per heavy atom. The van der Waals surface area contributed by atoms with Crippen molar-refractivity contribution < 1.29 is 4.74 Å². The van der Waals surface area contributed by atoms with Gasteiger partial charge in [-0.1, -0.05) is 121 Å². The fraction of sp³-hybridized carbons (Fsp3) is 0.0370. The minimum atomic E-state index is -0.183. The van der Waals surface area contributed by atoms with Gasteiger partial charge < -0.3 is 4.74 Å². The van der Waals surface area contributed by atoms with Crippen LogP contribution in [0.25, 0.3) is 11.8 Å². The minimum Gasteiger partial charge on any atom is -0.480 e. The van der Waals surface area contributed by atoms with E-state index in [0.717, 1.165) is 28.0 Å². The van der Waals surface area contributed by atoms with Crippen LogP contribution in [-0.2, 0) is 4.74 Å². The number of hydrogen-bond acceptors (Lipinski definition) is 1. The van der Waals surface area contributed by atoms with E-state index in [-0.39, 0.29) is 6.10 Å². The van der Waals surface area contributed by atoms with Crippen LogP contribution in [0.15, 0.2) is 121 Å². The SMILES string of the molecule is C(=C(\OC(c1ccccc1)c1ccccc1)c1ccccc1)/c1ccccc1. The molecule has 136 valence electrons. The molecule has 0 N–H and O–H groups in total. The van der Waals surface area contributed by atoms with Crippen molar-refractivity contribution in [1.82, 2.24) is 0 Å². The van der Waals surface area contributed by atoms with Crippen molar-refractivity contribution in [3.8, 4) is 0 Å². The third kappa shape index (κ3) is 4.39. The molecule has 0 fully saturated rings. The van der Waals surface area contributed by atoms with E-state index in [1.165, 1.54) is 0 Å². The number of rotatable bonds is 6. The van der Waals surface area contributed by atoms with Crippen molar-refractivity contribution in [1.29, 1.82) is 0 Å². The molecule has 0 bridgehead atoms. The number of ether oxygens (including phenoxy) is 1. The number of hydrogen-bond donors (Lipinski definition) is 0. The third-order valence-electron chi connectivity index (χ3n) is 4.61. The summed E-state index contributed by atoms with van der Waals surface area (Å²) in [4.78, 5) is 0. The lowest BCUT2D eigenvalue weighted by molar-refractivity contribution is 0.210. The zero-order valence-electron chi connectivity index (χ0n) is 15.6. The Morgan fingerprint density at radius 2 is 0.964 bits per heavy atom. The van der Waals surface area contributed by atoms with Gasteiger partial charge >= 0.3 is 0 Å². The third-order valence-corrected chi connectivity index (χ3v) is 4.61. The summed E-state index contributed by atoms with van der Waals surface area (Å²) in [7, 11) is 0. The van der Waals surface area contributed by atoms with E-state index in [0.29, 0.717) is 0 Å². The molecular weight excluding hydrogens is 340 g/mol. The summed E-state index contributed by atoms with van der Waals surface area (Å²) >= 11 is 0. The standard InChI is InChI=1S/C27H22O/c1-5-13-22(14-6-1)21-26(23-15-7-2-8-16-23)28-27(24-17-9-3-10-18-24)25-19-11-4-12-20-25/h1-21,27H/b26-21+. The molecule has 28 heavy (non-hydrogen) atoms. The highest BCUT2D eigenvalue weighted by Gasteiger charge is 2.18. The van der Waals surface area contributed by atoms with Gasteiger partial charge in [0.25, 0.3) is 0 Å². The van der Waals surface area contributed by atoms with Crippen molar-refractivity contribution >= 4 is 11.8 Å². The molecule has 4 aromatic rings. The van der Waals surface area contributed by atoms with E-state index in [2.05, 4.69) is 78.9 Å². The van der Waals surface area contributed by atoms with E-state index in [1.54, 1.807) is 0 Å². The highest BCUT2D eigenvalue weighted by atomic mass is 16.5. The van der Waals surface area contributed by atoms with Crippen LogP contribution in [0.5, 0.6) is 0 Å². The molecule has 1 nitrogen and oxygen atoms in total. The largest absolute Gasteiger partial charge is 0.480 e. The summed E-state index contributed by atoms with van der Waals surface area (Å²) in [5.74, 6) is 0.851. The van der Waals surface area contributed by atoms with Gasteiger partial charge in [0.2, 0.25) is 0 Å². The molecule has 0 saturated heterocycles. The van der Waals surface area contributed by atoms with E-state index in [9.17, 15) is 0 Å². The smallest absolute Gasteiger partial charge is 0.149 e. The Balaban J connectivity index is 1.78. The average molecular weight is 362 g/mol. The molecule has 4 rings (SSSR count). The Hall–Kier alpha value is -3.58. The first-order valence-electron chi connectivity index (χ1n) is 9.49. The first-order chi connectivity index (χ1) is 13.9. The lowest BCUT2D eigenvalue weighted by atomic mass is 10.0. The topological polar surface area (TPSA) is 9.23 Å². The van der Waals surface area contributed by atoms with Gasteiger partial charge in [0.1, 0.15) is 11.9 Å². The van der Waals surface area contributed by atoms with E-state index in [4.69, 9.17) is 4.74 Å². The Kier molecular flexibility index (Phi) is 5.65. The lowest BCUT2D eigenvalue weighted by Gasteiger charge is -2.22.